The van der Waals surface area contributed by atoms with Gasteiger partial charge in [-0.3, -0.25) is 4.79 Å². The van der Waals surface area contributed by atoms with E-state index in [-0.39, 0.29) is 0 Å². The highest BCUT2D eigenvalue weighted by Gasteiger charge is 2.45. The maximum atomic E-state index is 12.4. The Labute approximate surface area is 113 Å². The standard InChI is InChI=1S/C13H16Br2O/c14-7-1-3-9-10-4-2-8(15)6-12(10)13(16)11(9)5-7/h7-9,11H,1-6H2. The molecule has 1 nitrogen and oxygen atoms in total. The summed E-state index contributed by atoms with van der Waals surface area (Å²) in [7, 11) is 0. The van der Waals surface area contributed by atoms with Crippen molar-refractivity contribution < 1.29 is 4.79 Å². The summed E-state index contributed by atoms with van der Waals surface area (Å²) in [5.41, 5.74) is 2.73. The Kier molecular flexibility index (Phi) is 3.03. The fourth-order valence-corrected chi connectivity index (χ4v) is 4.86. The molecule has 3 aliphatic rings. The minimum Gasteiger partial charge on any atom is -0.294 e. The van der Waals surface area contributed by atoms with Crippen molar-refractivity contribution in [1.29, 1.82) is 0 Å². The zero-order valence-corrected chi connectivity index (χ0v) is 12.4. The minimum atomic E-state index is 0.320. The molecule has 4 unspecified atom stereocenters. The second kappa shape index (κ2) is 4.24. The molecule has 88 valence electrons. The molecule has 3 aliphatic carbocycles. The molecule has 0 heterocycles. The van der Waals surface area contributed by atoms with Crippen molar-refractivity contribution in [2.75, 3.05) is 0 Å². The molecule has 4 atom stereocenters. The van der Waals surface area contributed by atoms with Gasteiger partial charge in [0.15, 0.2) is 5.78 Å². The largest absolute Gasteiger partial charge is 0.294 e. The Bertz CT molecular complexity index is 361. The summed E-state index contributed by atoms with van der Waals surface area (Å²) < 4.78 is 0. The molecule has 0 aromatic rings. The summed E-state index contributed by atoms with van der Waals surface area (Å²) in [4.78, 5) is 13.5. The van der Waals surface area contributed by atoms with E-state index in [0.717, 1.165) is 19.3 Å². The Morgan fingerprint density at radius 1 is 1.00 bits per heavy atom. The van der Waals surface area contributed by atoms with Crippen LogP contribution in [0.1, 0.15) is 38.5 Å². The Balaban J connectivity index is 1.90. The lowest BCUT2D eigenvalue weighted by Crippen LogP contribution is -2.27. The van der Waals surface area contributed by atoms with Crippen LogP contribution in [-0.4, -0.2) is 15.4 Å². The number of carbonyl (C=O) groups is 1. The number of rotatable bonds is 0. The third-order valence-electron chi connectivity index (χ3n) is 4.41. The molecular weight excluding hydrogens is 332 g/mol. The molecule has 0 bridgehead atoms. The summed E-state index contributed by atoms with van der Waals surface area (Å²) in [5, 5.41) is 0. The minimum absolute atomic E-state index is 0.320. The van der Waals surface area contributed by atoms with Gasteiger partial charge in [0.25, 0.3) is 0 Å². The third kappa shape index (κ3) is 1.74. The average Bonchev–Trinajstić information content (AvgIpc) is 2.53. The van der Waals surface area contributed by atoms with Crippen molar-refractivity contribution >= 4 is 37.6 Å². The Morgan fingerprint density at radius 2 is 1.81 bits per heavy atom. The lowest BCUT2D eigenvalue weighted by Gasteiger charge is -2.30. The van der Waals surface area contributed by atoms with E-state index in [2.05, 4.69) is 31.9 Å². The summed E-state index contributed by atoms with van der Waals surface area (Å²) in [6.07, 6.45) is 6.87. The fourth-order valence-electron chi connectivity index (χ4n) is 3.64. The molecule has 0 saturated heterocycles. The highest BCUT2D eigenvalue weighted by Crippen LogP contribution is 2.50. The lowest BCUT2D eigenvalue weighted by molar-refractivity contribution is -0.119. The van der Waals surface area contributed by atoms with Crippen LogP contribution in [-0.2, 0) is 4.79 Å². The van der Waals surface area contributed by atoms with Crippen molar-refractivity contribution in [1.82, 2.24) is 0 Å². The van der Waals surface area contributed by atoms with Gasteiger partial charge >= 0.3 is 0 Å². The highest BCUT2D eigenvalue weighted by atomic mass is 79.9. The lowest BCUT2D eigenvalue weighted by atomic mass is 9.77. The van der Waals surface area contributed by atoms with Crippen LogP contribution in [0.5, 0.6) is 0 Å². The molecule has 0 aliphatic heterocycles. The third-order valence-corrected chi connectivity index (χ3v) is 6.02. The highest BCUT2D eigenvalue weighted by molar-refractivity contribution is 9.09. The van der Waals surface area contributed by atoms with Gasteiger partial charge in [0.05, 0.1) is 0 Å². The SMILES string of the molecule is O=C1C2=C(CCC(Br)C2)C2CCC(Br)CC12. The molecule has 3 rings (SSSR count). The molecule has 3 heteroatoms. The van der Waals surface area contributed by atoms with E-state index >= 15 is 0 Å². The first-order valence-corrected chi connectivity index (χ1v) is 8.04. The van der Waals surface area contributed by atoms with Gasteiger partial charge in [-0.25, -0.2) is 0 Å². The maximum absolute atomic E-state index is 12.4. The topological polar surface area (TPSA) is 17.1 Å². The zero-order chi connectivity index (χ0) is 11.3. The molecule has 16 heavy (non-hydrogen) atoms. The number of hydrogen-bond acceptors (Lipinski definition) is 1. The first kappa shape index (κ1) is 11.5. The summed E-state index contributed by atoms with van der Waals surface area (Å²) in [6, 6.07) is 0. The van der Waals surface area contributed by atoms with Crippen LogP contribution >= 0.6 is 31.9 Å². The predicted octanol–water partition coefficient (Wildman–Crippen LogP) is 3.99. The van der Waals surface area contributed by atoms with Crippen LogP contribution in [0.15, 0.2) is 11.1 Å². The van der Waals surface area contributed by atoms with Gasteiger partial charge in [0.1, 0.15) is 0 Å². The summed E-state index contributed by atoms with van der Waals surface area (Å²) in [5.74, 6) is 1.41. The summed E-state index contributed by atoms with van der Waals surface area (Å²) in [6.45, 7) is 0. The molecule has 0 amide bonds. The van der Waals surface area contributed by atoms with E-state index in [1.165, 1.54) is 30.4 Å². The smallest absolute Gasteiger partial charge is 0.162 e. The van der Waals surface area contributed by atoms with Crippen molar-refractivity contribution in [2.24, 2.45) is 11.8 Å². The number of alkyl halides is 2. The monoisotopic (exact) mass is 346 g/mol. The van der Waals surface area contributed by atoms with Crippen LogP contribution in [0.3, 0.4) is 0 Å². The van der Waals surface area contributed by atoms with E-state index < -0.39 is 0 Å². The van der Waals surface area contributed by atoms with Gasteiger partial charge in [-0.15, -0.1) is 0 Å². The number of fused-ring (bicyclic) bond motifs is 2. The molecule has 0 radical (unpaired) electrons. The van der Waals surface area contributed by atoms with Crippen molar-refractivity contribution in [3.8, 4) is 0 Å². The normalized spacial score (nSPS) is 43.2. The van der Waals surface area contributed by atoms with E-state index in [1.54, 1.807) is 0 Å². The second-order valence-corrected chi connectivity index (χ2v) is 7.92. The first-order chi connectivity index (χ1) is 7.66. The molecule has 0 spiro atoms. The van der Waals surface area contributed by atoms with E-state index in [9.17, 15) is 4.79 Å². The van der Waals surface area contributed by atoms with Crippen molar-refractivity contribution in [3.63, 3.8) is 0 Å². The van der Waals surface area contributed by atoms with Crippen LogP contribution < -0.4 is 0 Å². The summed E-state index contributed by atoms with van der Waals surface area (Å²) >= 11 is 7.35. The fraction of sp³-hybridized carbons (Fsp3) is 0.769. The number of ketones is 1. The molecule has 1 fully saturated rings. The molecule has 0 aromatic carbocycles. The number of halogens is 2. The molecule has 0 N–H and O–H groups in total. The van der Waals surface area contributed by atoms with E-state index in [4.69, 9.17) is 0 Å². The maximum Gasteiger partial charge on any atom is 0.162 e. The van der Waals surface area contributed by atoms with Gasteiger partial charge in [-0.1, -0.05) is 37.4 Å². The van der Waals surface area contributed by atoms with Crippen molar-refractivity contribution in [2.45, 2.75) is 48.2 Å². The van der Waals surface area contributed by atoms with Crippen LogP contribution in [0.4, 0.5) is 0 Å². The predicted molar refractivity (Wildman–Crippen MR) is 72.1 cm³/mol. The van der Waals surface area contributed by atoms with E-state index in [1.807, 2.05) is 0 Å². The Morgan fingerprint density at radius 3 is 2.62 bits per heavy atom. The first-order valence-electron chi connectivity index (χ1n) is 6.21. The van der Waals surface area contributed by atoms with Crippen LogP contribution in [0.25, 0.3) is 0 Å². The average molecular weight is 348 g/mol. The number of allylic oxidation sites excluding steroid dienone is 2. The van der Waals surface area contributed by atoms with Gasteiger partial charge in [-0.05, 0) is 50.0 Å². The van der Waals surface area contributed by atoms with Crippen LogP contribution in [0, 0.1) is 11.8 Å². The van der Waals surface area contributed by atoms with Gasteiger partial charge < -0.3 is 0 Å². The van der Waals surface area contributed by atoms with Crippen molar-refractivity contribution in [3.05, 3.63) is 11.1 Å². The zero-order valence-electron chi connectivity index (χ0n) is 9.22. The number of carbonyl (C=O) groups excluding carboxylic acids is 1. The second-order valence-electron chi connectivity index (χ2n) is 5.33. The van der Waals surface area contributed by atoms with Gasteiger partial charge in [-0.2, -0.15) is 0 Å². The van der Waals surface area contributed by atoms with Gasteiger partial charge in [0.2, 0.25) is 0 Å². The molecule has 1 saturated carbocycles. The molecular formula is C13H16Br2O. The Hall–Kier alpha value is 0.370. The number of hydrogen-bond donors (Lipinski definition) is 0. The quantitative estimate of drug-likeness (QED) is 0.605. The van der Waals surface area contributed by atoms with E-state index in [0.29, 0.717) is 27.3 Å². The number of Topliss-reactive ketones (excluding diaryl/α,β-unsaturated/α-hetero) is 1. The van der Waals surface area contributed by atoms with Crippen LogP contribution in [0.2, 0.25) is 0 Å². The molecule has 0 aromatic heterocycles. The van der Waals surface area contributed by atoms with Gasteiger partial charge in [0, 0.05) is 15.6 Å².